The number of aryl methyl sites for hydroxylation is 1. The molecule has 21 heavy (non-hydrogen) atoms. The molecule has 108 valence electrons. The van der Waals surface area contributed by atoms with Crippen LogP contribution in [0.1, 0.15) is 23.2 Å². The van der Waals surface area contributed by atoms with Crippen molar-refractivity contribution in [2.24, 2.45) is 0 Å². The quantitative estimate of drug-likeness (QED) is 0.731. The van der Waals surface area contributed by atoms with E-state index < -0.39 is 0 Å². The summed E-state index contributed by atoms with van der Waals surface area (Å²) in [5, 5.41) is 1.17. The van der Waals surface area contributed by atoms with Crippen LogP contribution in [0.4, 0.5) is 5.82 Å². The zero-order valence-corrected chi connectivity index (χ0v) is 13.4. The van der Waals surface area contributed by atoms with Gasteiger partial charge < -0.3 is 4.90 Å². The molecule has 0 amide bonds. The lowest BCUT2D eigenvalue weighted by Gasteiger charge is -2.13. The number of fused-ring (bicyclic) bond motifs is 1. The highest BCUT2D eigenvalue weighted by molar-refractivity contribution is 7.18. The van der Waals surface area contributed by atoms with Crippen molar-refractivity contribution in [3.05, 3.63) is 52.7 Å². The maximum absolute atomic E-state index is 4.76. The highest BCUT2D eigenvalue weighted by Crippen LogP contribution is 2.30. The number of rotatable bonds is 4. The lowest BCUT2D eigenvalue weighted by Crippen LogP contribution is -2.12. The molecule has 0 aliphatic heterocycles. The van der Waals surface area contributed by atoms with Gasteiger partial charge in [-0.25, -0.2) is 9.97 Å². The van der Waals surface area contributed by atoms with Gasteiger partial charge in [-0.2, -0.15) is 0 Å². The molecular weight excluding hydrogens is 278 g/mol. The average Bonchev–Trinajstić information content (AvgIpc) is 2.90. The van der Waals surface area contributed by atoms with Gasteiger partial charge in [-0.1, -0.05) is 37.3 Å². The maximum Gasteiger partial charge on any atom is 0.140 e. The van der Waals surface area contributed by atoms with Gasteiger partial charge in [0, 0.05) is 25.4 Å². The molecule has 3 aromatic rings. The van der Waals surface area contributed by atoms with Gasteiger partial charge in [0.15, 0.2) is 0 Å². The van der Waals surface area contributed by atoms with E-state index in [9.17, 15) is 0 Å². The summed E-state index contributed by atoms with van der Waals surface area (Å²) < 4.78 is 0. The molecule has 0 spiro atoms. The summed E-state index contributed by atoms with van der Waals surface area (Å²) in [6, 6.07) is 12.6. The van der Waals surface area contributed by atoms with Gasteiger partial charge in [0.25, 0.3) is 0 Å². The minimum Gasteiger partial charge on any atom is -0.362 e. The van der Waals surface area contributed by atoms with Crippen molar-refractivity contribution in [3.63, 3.8) is 0 Å². The van der Waals surface area contributed by atoms with E-state index in [2.05, 4.69) is 42.2 Å². The van der Waals surface area contributed by atoms with Crippen LogP contribution < -0.4 is 4.90 Å². The van der Waals surface area contributed by atoms with E-state index in [1.165, 1.54) is 15.8 Å². The number of anilines is 1. The van der Waals surface area contributed by atoms with Gasteiger partial charge in [-0.15, -0.1) is 11.3 Å². The van der Waals surface area contributed by atoms with Crippen LogP contribution in [-0.4, -0.2) is 24.1 Å². The first-order valence-corrected chi connectivity index (χ1v) is 7.99. The second-order valence-corrected chi connectivity index (χ2v) is 6.42. The Morgan fingerprint density at radius 3 is 2.52 bits per heavy atom. The normalized spacial score (nSPS) is 11.0. The predicted molar refractivity (Wildman–Crippen MR) is 90.4 cm³/mol. The number of aromatic nitrogens is 2. The highest BCUT2D eigenvalue weighted by Gasteiger charge is 2.13. The van der Waals surface area contributed by atoms with E-state index in [1.54, 1.807) is 11.3 Å². The zero-order valence-electron chi connectivity index (χ0n) is 12.6. The Morgan fingerprint density at radius 1 is 1.10 bits per heavy atom. The third-order valence-electron chi connectivity index (χ3n) is 3.45. The Balaban J connectivity index is 2.07. The van der Waals surface area contributed by atoms with Crippen molar-refractivity contribution >= 4 is 27.4 Å². The Kier molecular flexibility index (Phi) is 3.88. The summed E-state index contributed by atoms with van der Waals surface area (Å²) >= 11 is 1.78. The van der Waals surface area contributed by atoms with E-state index in [1.807, 2.05) is 20.2 Å². The van der Waals surface area contributed by atoms with Gasteiger partial charge >= 0.3 is 0 Å². The molecule has 0 atom stereocenters. The summed E-state index contributed by atoms with van der Waals surface area (Å²) in [5.74, 6) is 1.91. The molecule has 2 heterocycles. The van der Waals surface area contributed by atoms with Gasteiger partial charge in [0.05, 0.1) is 5.39 Å². The highest BCUT2D eigenvalue weighted by atomic mass is 32.1. The molecule has 3 rings (SSSR count). The molecule has 0 aliphatic rings. The summed E-state index contributed by atoms with van der Waals surface area (Å²) in [6.07, 6.45) is 1.82. The molecule has 1 aromatic carbocycles. The van der Waals surface area contributed by atoms with Gasteiger partial charge in [0.1, 0.15) is 16.5 Å². The molecule has 0 unspecified atom stereocenters. The van der Waals surface area contributed by atoms with Crippen molar-refractivity contribution < 1.29 is 0 Å². The zero-order chi connectivity index (χ0) is 14.8. The number of thiophene rings is 1. The van der Waals surface area contributed by atoms with Gasteiger partial charge in [-0.3, -0.25) is 0 Å². The summed E-state index contributed by atoms with van der Waals surface area (Å²) in [6.45, 7) is 2.18. The van der Waals surface area contributed by atoms with Crippen LogP contribution in [0.3, 0.4) is 0 Å². The molecule has 0 saturated heterocycles. The molecule has 0 fully saturated rings. The largest absolute Gasteiger partial charge is 0.362 e. The van der Waals surface area contributed by atoms with Crippen molar-refractivity contribution in [1.82, 2.24) is 9.97 Å². The van der Waals surface area contributed by atoms with Crippen molar-refractivity contribution in [2.75, 3.05) is 19.0 Å². The van der Waals surface area contributed by atoms with E-state index in [0.717, 1.165) is 29.3 Å². The fourth-order valence-electron chi connectivity index (χ4n) is 2.37. The minimum absolute atomic E-state index is 0.775. The molecule has 0 bridgehead atoms. The van der Waals surface area contributed by atoms with Gasteiger partial charge in [-0.05, 0) is 18.1 Å². The molecule has 0 saturated carbocycles. The van der Waals surface area contributed by atoms with E-state index >= 15 is 0 Å². The second kappa shape index (κ2) is 5.82. The SMILES string of the molecule is CCc1cc2c(N(C)C)nc(Cc3ccccc3)nc2s1. The Labute approximate surface area is 129 Å². The maximum atomic E-state index is 4.76. The third kappa shape index (κ3) is 2.90. The first-order chi connectivity index (χ1) is 10.2. The predicted octanol–water partition coefficient (Wildman–Crippen LogP) is 3.91. The van der Waals surface area contributed by atoms with Crippen LogP contribution in [0.5, 0.6) is 0 Å². The average molecular weight is 297 g/mol. The van der Waals surface area contributed by atoms with Crippen LogP contribution in [0.15, 0.2) is 36.4 Å². The lowest BCUT2D eigenvalue weighted by atomic mass is 10.1. The molecule has 3 nitrogen and oxygen atoms in total. The second-order valence-electron chi connectivity index (χ2n) is 5.31. The standard InChI is InChI=1S/C17H19N3S/c1-4-13-11-14-16(20(2)3)18-15(19-17(14)21-13)10-12-8-6-5-7-9-12/h5-9,11H,4,10H2,1-3H3. The smallest absolute Gasteiger partial charge is 0.140 e. The Morgan fingerprint density at radius 2 is 1.86 bits per heavy atom. The first kappa shape index (κ1) is 14.0. The van der Waals surface area contributed by atoms with Crippen LogP contribution in [-0.2, 0) is 12.8 Å². The summed E-state index contributed by atoms with van der Waals surface area (Å²) in [4.78, 5) is 14.1. The van der Waals surface area contributed by atoms with Crippen molar-refractivity contribution in [2.45, 2.75) is 19.8 Å². The molecule has 0 aliphatic carbocycles. The van der Waals surface area contributed by atoms with Crippen molar-refractivity contribution in [3.8, 4) is 0 Å². The molecule has 0 radical (unpaired) electrons. The Bertz CT molecular complexity index is 747. The van der Waals surface area contributed by atoms with Crippen LogP contribution >= 0.6 is 11.3 Å². The van der Waals surface area contributed by atoms with Crippen LogP contribution in [0.2, 0.25) is 0 Å². The Hall–Kier alpha value is -1.94. The first-order valence-electron chi connectivity index (χ1n) is 7.18. The van der Waals surface area contributed by atoms with E-state index in [0.29, 0.717) is 0 Å². The monoisotopic (exact) mass is 297 g/mol. The molecular formula is C17H19N3S. The van der Waals surface area contributed by atoms with Gasteiger partial charge in [0.2, 0.25) is 0 Å². The van der Waals surface area contributed by atoms with E-state index in [4.69, 9.17) is 9.97 Å². The fraction of sp³-hybridized carbons (Fsp3) is 0.294. The molecule has 2 aromatic heterocycles. The topological polar surface area (TPSA) is 29.0 Å². The van der Waals surface area contributed by atoms with E-state index in [-0.39, 0.29) is 0 Å². The number of hydrogen-bond acceptors (Lipinski definition) is 4. The van der Waals surface area contributed by atoms with Crippen LogP contribution in [0.25, 0.3) is 10.2 Å². The fourth-order valence-corrected chi connectivity index (χ4v) is 3.35. The number of nitrogens with zero attached hydrogens (tertiary/aromatic N) is 3. The lowest BCUT2D eigenvalue weighted by molar-refractivity contribution is 0.964. The van der Waals surface area contributed by atoms with Crippen LogP contribution in [0, 0.1) is 0 Å². The van der Waals surface area contributed by atoms with Crippen molar-refractivity contribution in [1.29, 1.82) is 0 Å². The number of hydrogen-bond donors (Lipinski definition) is 0. The summed E-state index contributed by atoms with van der Waals surface area (Å²) in [7, 11) is 4.08. The molecule has 0 N–H and O–H groups in total. The minimum atomic E-state index is 0.775. The third-order valence-corrected chi connectivity index (χ3v) is 4.62. The number of benzene rings is 1. The molecule has 4 heteroatoms. The summed E-state index contributed by atoms with van der Waals surface area (Å²) in [5.41, 5.74) is 1.24.